The predicted molar refractivity (Wildman–Crippen MR) is 57.3 cm³/mol. The van der Waals surface area contributed by atoms with Crippen molar-refractivity contribution in [3.8, 4) is 0 Å². The second kappa shape index (κ2) is 3.39. The number of fused-ring (bicyclic) bond motifs is 1. The molecule has 0 saturated carbocycles. The second-order valence-corrected chi connectivity index (χ2v) is 4.43. The van der Waals surface area contributed by atoms with Crippen molar-refractivity contribution in [2.45, 2.75) is 45.1 Å². The molecule has 0 saturated heterocycles. The van der Waals surface area contributed by atoms with Gasteiger partial charge in [0.1, 0.15) is 0 Å². The van der Waals surface area contributed by atoms with E-state index in [-0.39, 0.29) is 6.04 Å². The Hall–Kier alpha value is -0.830. The molecule has 0 aliphatic heterocycles. The van der Waals surface area contributed by atoms with E-state index in [1.165, 1.54) is 29.8 Å². The molecule has 2 rings (SSSR count). The van der Waals surface area contributed by atoms with Crippen molar-refractivity contribution in [2.24, 2.45) is 12.8 Å². The first-order chi connectivity index (χ1) is 6.61. The highest BCUT2D eigenvalue weighted by atomic mass is 15.3. The number of nitrogens with zero attached hydrogens (tertiary/aromatic N) is 2. The minimum Gasteiger partial charge on any atom is -0.327 e. The van der Waals surface area contributed by atoms with E-state index < -0.39 is 0 Å². The molecule has 0 amide bonds. The predicted octanol–water partition coefficient (Wildman–Crippen LogP) is 1.50. The molecule has 0 radical (unpaired) electrons. The van der Waals surface area contributed by atoms with Gasteiger partial charge in [0, 0.05) is 30.3 Å². The van der Waals surface area contributed by atoms with Crippen LogP contribution in [0.1, 0.15) is 42.6 Å². The molecule has 0 spiro atoms. The summed E-state index contributed by atoms with van der Waals surface area (Å²) < 4.78 is 2.03. The third kappa shape index (κ3) is 1.36. The lowest BCUT2D eigenvalue weighted by atomic mass is 9.81. The Kier molecular flexibility index (Phi) is 2.35. The standard InChI is InChI=1S/C11H19N3/c1-7(12)9-5-4-6-10-11(9)8(2)13-14(10)3/h7,9H,4-6,12H2,1-3H3. The van der Waals surface area contributed by atoms with Crippen molar-refractivity contribution in [1.29, 1.82) is 0 Å². The van der Waals surface area contributed by atoms with Crippen LogP contribution in [0.5, 0.6) is 0 Å². The summed E-state index contributed by atoms with van der Waals surface area (Å²) in [6.45, 7) is 4.20. The van der Waals surface area contributed by atoms with Crippen LogP contribution < -0.4 is 5.73 Å². The van der Waals surface area contributed by atoms with E-state index in [4.69, 9.17) is 5.73 Å². The summed E-state index contributed by atoms with van der Waals surface area (Å²) in [4.78, 5) is 0. The Bertz CT molecular complexity index is 339. The van der Waals surface area contributed by atoms with Gasteiger partial charge in [0.15, 0.2) is 0 Å². The van der Waals surface area contributed by atoms with Crippen molar-refractivity contribution < 1.29 is 0 Å². The Morgan fingerprint density at radius 1 is 1.57 bits per heavy atom. The van der Waals surface area contributed by atoms with Crippen LogP contribution in [0.3, 0.4) is 0 Å². The van der Waals surface area contributed by atoms with Gasteiger partial charge in [-0.15, -0.1) is 0 Å². The number of rotatable bonds is 1. The van der Waals surface area contributed by atoms with E-state index in [0.29, 0.717) is 5.92 Å². The molecule has 0 aromatic carbocycles. The molecule has 2 atom stereocenters. The highest BCUT2D eigenvalue weighted by Gasteiger charge is 2.28. The van der Waals surface area contributed by atoms with Crippen LogP contribution in [0.15, 0.2) is 0 Å². The lowest BCUT2D eigenvalue weighted by molar-refractivity contribution is 0.475. The summed E-state index contributed by atoms with van der Waals surface area (Å²) in [7, 11) is 2.04. The maximum Gasteiger partial charge on any atom is 0.0631 e. The Morgan fingerprint density at radius 3 is 2.93 bits per heavy atom. The first-order valence-corrected chi connectivity index (χ1v) is 5.39. The van der Waals surface area contributed by atoms with Crippen LogP contribution in [0.4, 0.5) is 0 Å². The molecular weight excluding hydrogens is 174 g/mol. The summed E-state index contributed by atoms with van der Waals surface area (Å²) in [5.74, 6) is 0.521. The van der Waals surface area contributed by atoms with Gasteiger partial charge in [-0.3, -0.25) is 4.68 Å². The summed E-state index contributed by atoms with van der Waals surface area (Å²) >= 11 is 0. The molecule has 14 heavy (non-hydrogen) atoms. The molecule has 3 heteroatoms. The number of nitrogens with two attached hydrogens (primary N) is 1. The number of aromatic nitrogens is 2. The lowest BCUT2D eigenvalue weighted by Gasteiger charge is -2.26. The second-order valence-electron chi connectivity index (χ2n) is 4.43. The largest absolute Gasteiger partial charge is 0.327 e. The molecule has 1 aromatic heterocycles. The Morgan fingerprint density at radius 2 is 2.29 bits per heavy atom. The van der Waals surface area contributed by atoms with E-state index in [1.54, 1.807) is 0 Å². The first kappa shape index (κ1) is 9.71. The van der Waals surface area contributed by atoms with Crippen molar-refractivity contribution >= 4 is 0 Å². The summed E-state index contributed by atoms with van der Waals surface area (Å²) in [5, 5.41) is 4.49. The van der Waals surface area contributed by atoms with Gasteiger partial charge >= 0.3 is 0 Å². The SMILES string of the molecule is Cc1nn(C)c2c1C(C(C)N)CCC2. The van der Waals surface area contributed by atoms with Gasteiger partial charge in [-0.05, 0) is 33.1 Å². The van der Waals surface area contributed by atoms with Gasteiger partial charge in [0.2, 0.25) is 0 Å². The number of hydrogen-bond acceptors (Lipinski definition) is 2. The molecule has 3 nitrogen and oxygen atoms in total. The lowest BCUT2D eigenvalue weighted by Crippen LogP contribution is -2.28. The summed E-state index contributed by atoms with van der Waals surface area (Å²) in [5.41, 5.74) is 10.0. The van der Waals surface area contributed by atoms with Crippen LogP contribution in [0.25, 0.3) is 0 Å². The summed E-state index contributed by atoms with van der Waals surface area (Å²) in [6, 6.07) is 0.247. The molecule has 0 fully saturated rings. The summed E-state index contributed by atoms with van der Waals surface area (Å²) in [6.07, 6.45) is 3.63. The quantitative estimate of drug-likeness (QED) is 0.734. The number of hydrogen-bond donors (Lipinski definition) is 1. The van der Waals surface area contributed by atoms with E-state index in [9.17, 15) is 0 Å². The van der Waals surface area contributed by atoms with Gasteiger partial charge in [0.05, 0.1) is 5.69 Å². The molecular formula is C11H19N3. The maximum atomic E-state index is 6.02. The molecule has 1 aromatic rings. The molecule has 1 aliphatic carbocycles. The molecule has 1 aliphatic rings. The maximum absolute atomic E-state index is 6.02. The number of aryl methyl sites for hydroxylation is 2. The highest BCUT2D eigenvalue weighted by molar-refractivity contribution is 5.32. The zero-order chi connectivity index (χ0) is 10.3. The minimum absolute atomic E-state index is 0.247. The van der Waals surface area contributed by atoms with Crippen LogP contribution in [0, 0.1) is 6.92 Å². The van der Waals surface area contributed by atoms with Crippen LogP contribution in [-0.2, 0) is 13.5 Å². The fourth-order valence-electron chi connectivity index (χ4n) is 2.66. The van der Waals surface area contributed by atoms with Crippen molar-refractivity contribution in [2.75, 3.05) is 0 Å². The van der Waals surface area contributed by atoms with Crippen molar-refractivity contribution in [3.05, 3.63) is 17.0 Å². The average Bonchev–Trinajstić information content (AvgIpc) is 2.43. The smallest absolute Gasteiger partial charge is 0.0631 e. The third-order valence-corrected chi connectivity index (χ3v) is 3.33. The molecule has 0 bridgehead atoms. The van der Waals surface area contributed by atoms with Gasteiger partial charge in [-0.1, -0.05) is 0 Å². The zero-order valence-corrected chi connectivity index (χ0v) is 9.25. The van der Waals surface area contributed by atoms with Crippen LogP contribution in [-0.4, -0.2) is 15.8 Å². The van der Waals surface area contributed by atoms with Crippen LogP contribution >= 0.6 is 0 Å². The van der Waals surface area contributed by atoms with Gasteiger partial charge in [0.25, 0.3) is 0 Å². The van der Waals surface area contributed by atoms with Crippen LogP contribution in [0.2, 0.25) is 0 Å². The average molecular weight is 193 g/mol. The fraction of sp³-hybridized carbons (Fsp3) is 0.727. The van der Waals surface area contributed by atoms with Gasteiger partial charge in [-0.25, -0.2) is 0 Å². The van der Waals surface area contributed by atoms with Crippen molar-refractivity contribution in [3.63, 3.8) is 0 Å². The van der Waals surface area contributed by atoms with E-state index in [2.05, 4.69) is 18.9 Å². The Balaban J connectivity index is 2.48. The van der Waals surface area contributed by atoms with E-state index >= 15 is 0 Å². The topological polar surface area (TPSA) is 43.8 Å². The molecule has 78 valence electrons. The Labute approximate surface area is 85.3 Å². The fourth-order valence-corrected chi connectivity index (χ4v) is 2.66. The normalized spacial score (nSPS) is 23.3. The zero-order valence-electron chi connectivity index (χ0n) is 9.25. The van der Waals surface area contributed by atoms with E-state index in [1.807, 2.05) is 11.7 Å². The van der Waals surface area contributed by atoms with Gasteiger partial charge in [-0.2, -0.15) is 5.10 Å². The highest BCUT2D eigenvalue weighted by Crippen LogP contribution is 2.34. The minimum atomic E-state index is 0.247. The molecule has 2 N–H and O–H groups in total. The van der Waals surface area contributed by atoms with E-state index in [0.717, 1.165) is 6.42 Å². The first-order valence-electron chi connectivity index (χ1n) is 5.39. The third-order valence-electron chi connectivity index (χ3n) is 3.33. The molecule has 1 heterocycles. The van der Waals surface area contributed by atoms with Crippen molar-refractivity contribution in [1.82, 2.24) is 9.78 Å². The molecule has 2 unspecified atom stereocenters. The monoisotopic (exact) mass is 193 g/mol. The van der Waals surface area contributed by atoms with Gasteiger partial charge < -0.3 is 5.73 Å².